The molecule has 0 unspecified atom stereocenters. The number of hydrogen-bond acceptors (Lipinski definition) is 4. The molecule has 0 bridgehead atoms. The van der Waals surface area contributed by atoms with Crippen LogP contribution in [0.2, 0.25) is 0 Å². The number of thioether (sulfide) groups is 1. The molecule has 0 aliphatic rings. The highest BCUT2D eigenvalue weighted by Crippen LogP contribution is 2.27. The van der Waals surface area contributed by atoms with Crippen LogP contribution in [-0.4, -0.2) is 24.2 Å². The Bertz CT molecular complexity index is 830. The van der Waals surface area contributed by atoms with Crippen molar-refractivity contribution in [3.8, 4) is 0 Å². The summed E-state index contributed by atoms with van der Waals surface area (Å²) in [4.78, 5) is 25.2. The maximum atomic E-state index is 12.2. The summed E-state index contributed by atoms with van der Waals surface area (Å²) in [5, 5.41) is 2.88. The number of nitrogens with one attached hydrogen (secondary N) is 1. The van der Waals surface area contributed by atoms with Crippen LogP contribution >= 0.6 is 11.8 Å². The highest BCUT2D eigenvalue weighted by atomic mass is 32.2. The van der Waals surface area contributed by atoms with Crippen LogP contribution in [0.15, 0.2) is 41.3 Å². The third kappa shape index (κ3) is 6.14. The molecular formula is C22H27NO3S. The zero-order valence-electron chi connectivity index (χ0n) is 16.6. The predicted molar refractivity (Wildman–Crippen MR) is 111 cm³/mol. The van der Waals surface area contributed by atoms with Gasteiger partial charge < -0.3 is 10.1 Å². The fourth-order valence-electron chi connectivity index (χ4n) is 2.80. The molecule has 144 valence electrons. The van der Waals surface area contributed by atoms with Crippen LogP contribution in [0.25, 0.3) is 0 Å². The van der Waals surface area contributed by atoms with E-state index < -0.39 is 5.97 Å². The van der Waals surface area contributed by atoms with E-state index in [2.05, 4.69) is 25.2 Å². The average Bonchev–Trinajstić information content (AvgIpc) is 2.60. The molecule has 0 aliphatic heterocycles. The smallest absolute Gasteiger partial charge is 0.316 e. The molecule has 27 heavy (non-hydrogen) atoms. The molecule has 0 aromatic heterocycles. The lowest BCUT2D eigenvalue weighted by Gasteiger charge is -2.16. The van der Waals surface area contributed by atoms with Crippen molar-refractivity contribution in [3.63, 3.8) is 0 Å². The number of ether oxygens (including phenoxy) is 1. The second-order valence-corrected chi connectivity index (χ2v) is 7.98. The van der Waals surface area contributed by atoms with E-state index in [1.807, 2.05) is 51.1 Å². The Morgan fingerprint density at radius 2 is 1.81 bits per heavy atom. The van der Waals surface area contributed by atoms with Crippen LogP contribution < -0.4 is 5.32 Å². The van der Waals surface area contributed by atoms with Gasteiger partial charge in [-0.05, 0) is 49.4 Å². The summed E-state index contributed by atoms with van der Waals surface area (Å²) in [6, 6.07) is 12.0. The van der Waals surface area contributed by atoms with Crippen molar-refractivity contribution in [2.45, 2.75) is 45.4 Å². The highest BCUT2D eigenvalue weighted by Gasteiger charge is 2.14. The molecule has 1 N–H and O–H groups in total. The normalized spacial score (nSPS) is 10.7. The van der Waals surface area contributed by atoms with Crippen LogP contribution in [0, 0.1) is 20.8 Å². The van der Waals surface area contributed by atoms with Crippen LogP contribution in [0.5, 0.6) is 0 Å². The molecule has 2 aromatic carbocycles. The topological polar surface area (TPSA) is 55.4 Å². The first-order valence-electron chi connectivity index (χ1n) is 9.03. The maximum absolute atomic E-state index is 12.2. The molecule has 0 fully saturated rings. The number of benzene rings is 2. The van der Waals surface area contributed by atoms with Crippen LogP contribution in [0.1, 0.15) is 42.0 Å². The van der Waals surface area contributed by atoms with Crippen LogP contribution in [0.4, 0.5) is 5.69 Å². The van der Waals surface area contributed by atoms with Gasteiger partial charge in [-0.1, -0.05) is 49.7 Å². The van der Waals surface area contributed by atoms with Crippen molar-refractivity contribution < 1.29 is 14.3 Å². The van der Waals surface area contributed by atoms with Crippen molar-refractivity contribution in [2.75, 3.05) is 17.7 Å². The Morgan fingerprint density at radius 3 is 2.48 bits per heavy atom. The van der Waals surface area contributed by atoms with Crippen LogP contribution in [0.3, 0.4) is 0 Å². The lowest BCUT2D eigenvalue weighted by atomic mass is 9.98. The zero-order valence-corrected chi connectivity index (χ0v) is 17.4. The van der Waals surface area contributed by atoms with E-state index in [-0.39, 0.29) is 24.2 Å². The van der Waals surface area contributed by atoms with Gasteiger partial charge in [-0.3, -0.25) is 9.59 Å². The van der Waals surface area contributed by atoms with Gasteiger partial charge >= 0.3 is 5.97 Å². The molecule has 2 rings (SSSR count). The van der Waals surface area contributed by atoms with E-state index >= 15 is 0 Å². The molecule has 0 atom stereocenters. The van der Waals surface area contributed by atoms with Gasteiger partial charge in [0.15, 0.2) is 6.61 Å². The molecule has 0 saturated carbocycles. The van der Waals surface area contributed by atoms with E-state index in [1.165, 1.54) is 17.3 Å². The Morgan fingerprint density at radius 1 is 1.07 bits per heavy atom. The van der Waals surface area contributed by atoms with Crippen molar-refractivity contribution in [1.29, 1.82) is 0 Å². The van der Waals surface area contributed by atoms with E-state index in [1.54, 1.807) is 0 Å². The number of anilines is 1. The molecule has 0 saturated heterocycles. The minimum atomic E-state index is -0.399. The molecule has 1 amide bonds. The quantitative estimate of drug-likeness (QED) is 0.538. The monoisotopic (exact) mass is 385 g/mol. The highest BCUT2D eigenvalue weighted by molar-refractivity contribution is 8.00. The number of carbonyl (C=O) groups excluding carboxylic acids is 2. The summed E-state index contributed by atoms with van der Waals surface area (Å²) in [5.74, 6) is -0.254. The molecule has 0 spiro atoms. The number of esters is 1. The standard InChI is InChI=1S/C22H27NO3S/c1-14(2)18-8-6-7-16(4)22(18)23-20(24)12-26-21(25)13-27-19-10-9-15(3)11-17(19)5/h6-11,14H,12-13H2,1-5H3,(H,23,24). The number of aryl methyl sites for hydroxylation is 3. The Labute approximate surface area is 165 Å². The molecule has 0 heterocycles. The molecule has 5 heteroatoms. The summed E-state index contributed by atoms with van der Waals surface area (Å²) in [6.45, 7) is 9.88. The Kier molecular flexibility index (Phi) is 7.48. The van der Waals surface area contributed by atoms with E-state index in [0.29, 0.717) is 0 Å². The van der Waals surface area contributed by atoms with Gasteiger partial charge in [-0.15, -0.1) is 11.8 Å². The first kappa shape index (κ1) is 21.0. The van der Waals surface area contributed by atoms with Gasteiger partial charge in [-0.2, -0.15) is 0 Å². The van der Waals surface area contributed by atoms with E-state index in [0.717, 1.165) is 27.3 Å². The number of amides is 1. The largest absolute Gasteiger partial charge is 0.455 e. The number of hydrogen-bond donors (Lipinski definition) is 1. The number of rotatable bonds is 7. The molecule has 0 radical (unpaired) electrons. The molecule has 2 aromatic rings. The van der Waals surface area contributed by atoms with Gasteiger partial charge in [-0.25, -0.2) is 0 Å². The average molecular weight is 386 g/mol. The van der Waals surface area contributed by atoms with Crippen molar-refractivity contribution in [1.82, 2.24) is 0 Å². The van der Waals surface area contributed by atoms with E-state index in [4.69, 9.17) is 4.74 Å². The van der Waals surface area contributed by atoms with Crippen molar-refractivity contribution in [3.05, 3.63) is 58.7 Å². The SMILES string of the molecule is Cc1ccc(SCC(=O)OCC(=O)Nc2c(C)cccc2C(C)C)c(C)c1. The van der Waals surface area contributed by atoms with E-state index in [9.17, 15) is 9.59 Å². The number of carbonyl (C=O) groups is 2. The fraction of sp³-hybridized carbons (Fsp3) is 0.364. The second-order valence-electron chi connectivity index (χ2n) is 6.96. The first-order chi connectivity index (χ1) is 12.8. The molecular weight excluding hydrogens is 358 g/mol. The summed E-state index contributed by atoms with van der Waals surface area (Å²) in [6.07, 6.45) is 0. The second kappa shape index (κ2) is 9.60. The first-order valence-corrected chi connectivity index (χ1v) is 10.0. The van der Waals surface area contributed by atoms with Gasteiger partial charge in [0.1, 0.15) is 0 Å². The van der Waals surface area contributed by atoms with Crippen molar-refractivity contribution >= 4 is 29.3 Å². The van der Waals surface area contributed by atoms with Gasteiger partial charge in [0.25, 0.3) is 5.91 Å². The lowest BCUT2D eigenvalue weighted by molar-refractivity contribution is -0.144. The Balaban J connectivity index is 1.86. The molecule has 0 aliphatic carbocycles. The summed E-state index contributed by atoms with van der Waals surface area (Å²) in [5.41, 5.74) is 5.18. The summed E-state index contributed by atoms with van der Waals surface area (Å²) >= 11 is 1.42. The van der Waals surface area contributed by atoms with Gasteiger partial charge in [0.05, 0.1) is 5.75 Å². The lowest BCUT2D eigenvalue weighted by Crippen LogP contribution is -2.22. The van der Waals surface area contributed by atoms with Gasteiger partial charge in [0.2, 0.25) is 0 Å². The van der Waals surface area contributed by atoms with Crippen molar-refractivity contribution in [2.24, 2.45) is 0 Å². The number of para-hydroxylation sites is 1. The summed E-state index contributed by atoms with van der Waals surface area (Å²) in [7, 11) is 0. The maximum Gasteiger partial charge on any atom is 0.316 e. The Hall–Kier alpha value is -2.27. The predicted octanol–water partition coefficient (Wildman–Crippen LogP) is 5.01. The minimum Gasteiger partial charge on any atom is -0.455 e. The minimum absolute atomic E-state index is 0.179. The van der Waals surface area contributed by atoms with Gasteiger partial charge in [0, 0.05) is 10.6 Å². The third-order valence-electron chi connectivity index (χ3n) is 4.23. The van der Waals surface area contributed by atoms with Crippen LogP contribution in [-0.2, 0) is 14.3 Å². The zero-order chi connectivity index (χ0) is 20.0. The summed E-state index contributed by atoms with van der Waals surface area (Å²) < 4.78 is 5.13. The third-order valence-corrected chi connectivity index (χ3v) is 5.38. The molecule has 4 nitrogen and oxygen atoms in total. The fourth-order valence-corrected chi connectivity index (χ4v) is 3.61.